The molecule has 8 nitrogen and oxygen atoms in total. The van der Waals surface area contributed by atoms with Gasteiger partial charge in [-0.15, -0.1) is 0 Å². The van der Waals surface area contributed by atoms with Crippen LogP contribution < -0.4 is 10.6 Å². The number of nitrogens with zero attached hydrogens (tertiary/aromatic N) is 1. The summed E-state index contributed by atoms with van der Waals surface area (Å²) in [6, 6.07) is 3.89. The van der Waals surface area contributed by atoms with Crippen LogP contribution in [0.15, 0.2) is 18.2 Å². The molecule has 0 aliphatic carbocycles. The molecule has 0 fully saturated rings. The van der Waals surface area contributed by atoms with Gasteiger partial charge in [-0.25, -0.2) is 4.79 Å². The van der Waals surface area contributed by atoms with E-state index in [1.54, 1.807) is 39.8 Å². The quantitative estimate of drug-likeness (QED) is 0.457. The standard InChI is InChI=1S/C26H43N3O5/c1-10-12-18(4)28-23(32)22(19-13-14-20(30)17(3)15-19)29(26(8,9)11-2)21(31)16-27-24(33)34-25(5,6)7/h13-15,18,22,30H,10-12,16H2,1-9H3,(H,27,33)(H,28,32). The number of hydrogen-bond acceptors (Lipinski definition) is 5. The Labute approximate surface area is 204 Å². The van der Waals surface area contributed by atoms with Gasteiger partial charge in [0.25, 0.3) is 0 Å². The van der Waals surface area contributed by atoms with Gasteiger partial charge in [-0.05, 0) is 84.6 Å². The summed E-state index contributed by atoms with van der Waals surface area (Å²) in [7, 11) is 0. The molecule has 192 valence electrons. The highest BCUT2D eigenvalue weighted by Crippen LogP contribution is 2.33. The number of phenolic OH excluding ortho intramolecular Hbond substituents is 1. The zero-order chi connectivity index (χ0) is 26.3. The van der Waals surface area contributed by atoms with Crippen molar-refractivity contribution in [3.05, 3.63) is 29.3 Å². The highest BCUT2D eigenvalue weighted by molar-refractivity contribution is 5.91. The van der Waals surface area contributed by atoms with Crippen LogP contribution in [-0.4, -0.2) is 51.6 Å². The summed E-state index contributed by atoms with van der Waals surface area (Å²) < 4.78 is 5.25. The molecule has 2 unspecified atom stereocenters. The van der Waals surface area contributed by atoms with Crippen molar-refractivity contribution in [2.24, 2.45) is 0 Å². The molecule has 34 heavy (non-hydrogen) atoms. The first-order valence-corrected chi connectivity index (χ1v) is 12.0. The van der Waals surface area contributed by atoms with Crippen molar-refractivity contribution in [2.75, 3.05) is 6.54 Å². The molecule has 3 N–H and O–H groups in total. The zero-order valence-corrected chi connectivity index (χ0v) is 22.2. The minimum absolute atomic E-state index is 0.0696. The van der Waals surface area contributed by atoms with Crippen LogP contribution in [0.4, 0.5) is 4.79 Å². The number of aryl methyl sites for hydroxylation is 1. The highest BCUT2D eigenvalue weighted by Gasteiger charge is 2.40. The number of phenols is 1. The molecule has 0 spiro atoms. The minimum Gasteiger partial charge on any atom is -0.508 e. The SMILES string of the molecule is CCCC(C)NC(=O)C(c1ccc(O)c(C)c1)N(C(=O)CNC(=O)OC(C)(C)C)C(C)(C)CC. The summed E-state index contributed by atoms with van der Waals surface area (Å²) >= 11 is 0. The molecule has 0 heterocycles. The Bertz CT molecular complexity index is 860. The fourth-order valence-electron chi connectivity index (χ4n) is 3.64. The molecule has 8 heteroatoms. The van der Waals surface area contributed by atoms with Crippen LogP contribution in [0.1, 0.15) is 91.8 Å². The summed E-state index contributed by atoms with van der Waals surface area (Å²) in [5.74, 6) is -0.605. The lowest BCUT2D eigenvalue weighted by Gasteiger charge is -2.43. The lowest BCUT2D eigenvalue weighted by Crippen LogP contribution is -2.56. The molecule has 2 atom stereocenters. The smallest absolute Gasteiger partial charge is 0.408 e. The van der Waals surface area contributed by atoms with E-state index in [1.165, 1.54) is 11.0 Å². The third-order valence-corrected chi connectivity index (χ3v) is 5.72. The van der Waals surface area contributed by atoms with E-state index < -0.39 is 29.2 Å². The van der Waals surface area contributed by atoms with E-state index in [4.69, 9.17) is 4.74 Å². The molecule has 0 saturated heterocycles. The lowest BCUT2D eigenvalue weighted by molar-refractivity contribution is -0.147. The molecule has 0 radical (unpaired) electrons. The average Bonchev–Trinajstić information content (AvgIpc) is 2.71. The van der Waals surface area contributed by atoms with Gasteiger partial charge in [0.2, 0.25) is 11.8 Å². The third-order valence-electron chi connectivity index (χ3n) is 5.72. The van der Waals surface area contributed by atoms with Gasteiger partial charge in [-0.2, -0.15) is 0 Å². The molecule has 1 aromatic rings. The van der Waals surface area contributed by atoms with E-state index in [1.807, 2.05) is 34.6 Å². The van der Waals surface area contributed by atoms with E-state index in [0.29, 0.717) is 17.5 Å². The maximum atomic E-state index is 13.6. The molecule has 3 amide bonds. The van der Waals surface area contributed by atoms with Crippen LogP contribution in [-0.2, 0) is 14.3 Å². The van der Waals surface area contributed by atoms with E-state index in [9.17, 15) is 19.5 Å². The second kappa shape index (κ2) is 12.1. The lowest BCUT2D eigenvalue weighted by atomic mass is 9.92. The molecule has 0 saturated carbocycles. The monoisotopic (exact) mass is 477 g/mol. The number of amides is 3. The summed E-state index contributed by atoms with van der Waals surface area (Å²) in [6.07, 6.45) is 1.59. The fraction of sp³-hybridized carbons (Fsp3) is 0.654. The second-order valence-corrected chi connectivity index (χ2v) is 10.4. The maximum absolute atomic E-state index is 13.6. The van der Waals surface area contributed by atoms with Crippen LogP contribution >= 0.6 is 0 Å². The predicted molar refractivity (Wildman–Crippen MR) is 134 cm³/mol. The van der Waals surface area contributed by atoms with Crippen LogP contribution in [0.5, 0.6) is 5.75 Å². The molecule has 0 bridgehead atoms. The first-order valence-electron chi connectivity index (χ1n) is 12.0. The molecular weight excluding hydrogens is 434 g/mol. The average molecular weight is 478 g/mol. The van der Waals surface area contributed by atoms with Gasteiger partial charge in [-0.3, -0.25) is 9.59 Å². The minimum atomic E-state index is -0.943. The van der Waals surface area contributed by atoms with Crippen LogP contribution in [0, 0.1) is 6.92 Å². The summed E-state index contributed by atoms with van der Waals surface area (Å²) in [4.78, 5) is 40.8. The van der Waals surface area contributed by atoms with E-state index in [0.717, 1.165) is 12.8 Å². The number of carbonyl (C=O) groups is 3. The first kappa shape index (κ1) is 29.3. The first-order chi connectivity index (χ1) is 15.6. The van der Waals surface area contributed by atoms with Gasteiger partial charge in [0.15, 0.2) is 0 Å². The number of benzene rings is 1. The number of alkyl carbamates (subject to hydrolysis) is 1. The van der Waals surface area contributed by atoms with Crippen molar-refractivity contribution in [2.45, 2.75) is 105 Å². The normalized spacial score (nSPS) is 13.6. The summed E-state index contributed by atoms with van der Waals surface area (Å²) in [5, 5.41) is 15.6. The molecule has 0 aliphatic rings. The van der Waals surface area contributed by atoms with Crippen LogP contribution in [0.3, 0.4) is 0 Å². The molecule has 1 aromatic carbocycles. The van der Waals surface area contributed by atoms with Crippen molar-refractivity contribution in [1.29, 1.82) is 0 Å². The number of ether oxygens (including phenoxy) is 1. The Balaban J connectivity index is 3.41. The zero-order valence-electron chi connectivity index (χ0n) is 22.2. The molecule has 0 aliphatic heterocycles. The van der Waals surface area contributed by atoms with Crippen molar-refractivity contribution in [1.82, 2.24) is 15.5 Å². The topological polar surface area (TPSA) is 108 Å². The Kier molecular flexibility index (Phi) is 10.4. The van der Waals surface area contributed by atoms with Gasteiger partial charge in [0.1, 0.15) is 23.9 Å². The van der Waals surface area contributed by atoms with Crippen molar-refractivity contribution < 1.29 is 24.2 Å². The fourth-order valence-corrected chi connectivity index (χ4v) is 3.64. The maximum Gasteiger partial charge on any atom is 0.408 e. The van der Waals surface area contributed by atoms with E-state index >= 15 is 0 Å². The Morgan fingerprint density at radius 3 is 2.24 bits per heavy atom. The van der Waals surface area contributed by atoms with Crippen LogP contribution in [0.2, 0.25) is 0 Å². The largest absolute Gasteiger partial charge is 0.508 e. The van der Waals surface area contributed by atoms with Crippen LogP contribution in [0.25, 0.3) is 0 Å². The molecular formula is C26H43N3O5. The number of nitrogens with one attached hydrogen (secondary N) is 2. The molecule has 0 aromatic heterocycles. The number of rotatable bonds is 10. The summed E-state index contributed by atoms with van der Waals surface area (Å²) in [5.41, 5.74) is -0.208. The Morgan fingerprint density at radius 2 is 1.74 bits per heavy atom. The van der Waals surface area contributed by atoms with Crippen molar-refractivity contribution >= 4 is 17.9 Å². The van der Waals surface area contributed by atoms with Crippen molar-refractivity contribution in [3.8, 4) is 5.75 Å². The van der Waals surface area contributed by atoms with Gasteiger partial charge in [-0.1, -0.05) is 26.3 Å². The van der Waals surface area contributed by atoms with E-state index in [2.05, 4.69) is 10.6 Å². The van der Waals surface area contributed by atoms with Gasteiger partial charge < -0.3 is 25.4 Å². The Hall–Kier alpha value is -2.77. The van der Waals surface area contributed by atoms with Gasteiger partial charge >= 0.3 is 6.09 Å². The number of carbonyl (C=O) groups excluding carboxylic acids is 3. The van der Waals surface area contributed by atoms with Crippen molar-refractivity contribution in [3.63, 3.8) is 0 Å². The third kappa shape index (κ3) is 8.54. The van der Waals surface area contributed by atoms with Gasteiger partial charge in [0, 0.05) is 11.6 Å². The predicted octanol–water partition coefficient (Wildman–Crippen LogP) is 4.59. The van der Waals surface area contributed by atoms with E-state index in [-0.39, 0.29) is 24.2 Å². The Morgan fingerprint density at radius 1 is 1.12 bits per heavy atom. The summed E-state index contributed by atoms with van der Waals surface area (Å²) in [6.45, 7) is 16.4. The second-order valence-electron chi connectivity index (χ2n) is 10.4. The molecule has 1 rings (SSSR count). The highest BCUT2D eigenvalue weighted by atomic mass is 16.6. The number of hydrogen-bond donors (Lipinski definition) is 3. The number of aromatic hydroxyl groups is 1. The van der Waals surface area contributed by atoms with Gasteiger partial charge in [0.05, 0.1) is 0 Å².